The van der Waals surface area contributed by atoms with Crippen LogP contribution >= 0.6 is 15.9 Å². The van der Waals surface area contributed by atoms with Gasteiger partial charge in [-0.3, -0.25) is 0 Å². The van der Waals surface area contributed by atoms with Gasteiger partial charge in [0, 0.05) is 12.0 Å². The molecule has 0 aliphatic heterocycles. The van der Waals surface area contributed by atoms with E-state index in [2.05, 4.69) is 22.9 Å². The van der Waals surface area contributed by atoms with Crippen LogP contribution in [0.15, 0.2) is 16.6 Å². The molecule has 4 heteroatoms. The highest BCUT2D eigenvalue weighted by Gasteiger charge is 2.34. The van der Waals surface area contributed by atoms with Gasteiger partial charge < -0.3 is 5.11 Å². The average Bonchev–Trinajstić information content (AvgIpc) is 2.29. The molecular formula is C14H17BrF2O. The molecule has 0 spiro atoms. The lowest BCUT2D eigenvalue weighted by Crippen LogP contribution is -2.37. The van der Waals surface area contributed by atoms with Crippen LogP contribution in [0, 0.1) is 17.6 Å². The Hall–Kier alpha value is -0.480. The molecule has 1 aliphatic rings. The number of aliphatic hydroxyl groups is 1. The van der Waals surface area contributed by atoms with Crippen LogP contribution < -0.4 is 0 Å². The summed E-state index contributed by atoms with van der Waals surface area (Å²) in [7, 11) is 0. The second-order valence-corrected chi connectivity index (χ2v) is 6.28. The van der Waals surface area contributed by atoms with E-state index < -0.39 is 17.2 Å². The molecule has 1 N–H and O–H groups in total. The first-order valence-electron chi connectivity index (χ1n) is 6.26. The van der Waals surface area contributed by atoms with E-state index in [0.29, 0.717) is 18.8 Å². The maximum Gasteiger partial charge on any atom is 0.143 e. The van der Waals surface area contributed by atoms with Crippen LogP contribution in [0.2, 0.25) is 0 Å². The third kappa shape index (κ3) is 2.91. The number of rotatable bonds is 2. The third-order valence-electron chi connectivity index (χ3n) is 3.71. The van der Waals surface area contributed by atoms with Crippen molar-refractivity contribution in [2.45, 2.75) is 44.6 Å². The maximum absolute atomic E-state index is 13.9. The van der Waals surface area contributed by atoms with Gasteiger partial charge in [-0.2, -0.15) is 0 Å². The highest BCUT2D eigenvalue weighted by Crippen LogP contribution is 2.36. The molecule has 1 saturated carbocycles. The molecule has 18 heavy (non-hydrogen) atoms. The van der Waals surface area contributed by atoms with Gasteiger partial charge in [-0.1, -0.05) is 19.8 Å². The Bertz CT molecular complexity index is 450. The Morgan fingerprint density at radius 2 is 2.17 bits per heavy atom. The zero-order valence-electron chi connectivity index (χ0n) is 10.3. The summed E-state index contributed by atoms with van der Waals surface area (Å²) < 4.78 is 27.8. The van der Waals surface area contributed by atoms with Crippen LogP contribution in [0.4, 0.5) is 8.78 Å². The highest BCUT2D eigenvalue weighted by atomic mass is 79.9. The van der Waals surface area contributed by atoms with Crippen molar-refractivity contribution in [2.24, 2.45) is 5.92 Å². The predicted octanol–water partition coefficient (Wildman–Crippen LogP) is 4.21. The van der Waals surface area contributed by atoms with E-state index in [9.17, 15) is 13.9 Å². The van der Waals surface area contributed by atoms with Gasteiger partial charge in [0.05, 0.1) is 10.1 Å². The zero-order valence-corrected chi connectivity index (χ0v) is 11.9. The lowest BCUT2D eigenvalue weighted by Gasteiger charge is -2.35. The Morgan fingerprint density at radius 1 is 1.44 bits per heavy atom. The lowest BCUT2D eigenvalue weighted by atomic mass is 9.76. The monoisotopic (exact) mass is 318 g/mol. The molecule has 1 aromatic rings. The minimum atomic E-state index is -0.972. The number of hydrogen-bond acceptors (Lipinski definition) is 1. The molecule has 100 valence electrons. The van der Waals surface area contributed by atoms with Crippen molar-refractivity contribution in [2.75, 3.05) is 0 Å². The van der Waals surface area contributed by atoms with Gasteiger partial charge in [0.1, 0.15) is 11.6 Å². The summed E-state index contributed by atoms with van der Waals surface area (Å²) in [6.07, 6.45) is 3.26. The molecule has 0 saturated heterocycles. The standard InChI is InChI=1S/C14H17BrF2O/c1-9-3-2-6-14(18,7-9)8-10-12(16)5-4-11(15)13(10)17/h4-5,9,18H,2-3,6-8H2,1H3. The second-order valence-electron chi connectivity index (χ2n) is 5.42. The summed E-state index contributed by atoms with van der Waals surface area (Å²) >= 11 is 3.05. The fraction of sp³-hybridized carbons (Fsp3) is 0.571. The molecule has 2 atom stereocenters. The fourth-order valence-corrected chi connectivity index (χ4v) is 3.22. The molecule has 1 aromatic carbocycles. The van der Waals surface area contributed by atoms with E-state index in [0.717, 1.165) is 12.8 Å². The van der Waals surface area contributed by atoms with E-state index in [4.69, 9.17) is 0 Å². The molecule has 0 aromatic heterocycles. The SMILES string of the molecule is CC1CCCC(O)(Cc2c(F)ccc(Br)c2F)C1. The number of benzene rings is 1. The first kappa shape index (κ1) is 13.9. The van der Waals surface area contributed by atoms with Gasteiger partial charge >= 0.3 is 0 Å². The fourth-order valence-electron chi connectivity index (χ4n) is 2.85. The van der Waals surface area contributed by atoms with Gasteiger partial charge in [-0.15, -0.1) is 0 Å². The lowest BCUT2D eigenvalue weighted by molar-refractivity contribution is -0.0137. The molecule has 0 radical (unpaired) electrons. The van der Waals surface area contributed by atoms with Gasteiger partial charge in [0.15, 0.2) is 0 Å². The van der Waals surface area contributed by atoms with E-state index in [1.165, 1.54) is 12.1 Å². The average molecular weight is 319 g/mol. The van der Waals surface area contributed by atoms with Crippen molar-refractivity contribution >= 4 is 15.9 Å². The van der Waals surface area contributed by atoms with Gasteiger partial charge in [0.2, 0.25) is 0 Å². The van der Waals surface area contributed by atoms with Gasteiger partial charge in [-0.05, 0) is 46.8 Å². The summed E-state index contributed by atoms with van der Waals surface area (Å²) in [5, 5.41) is 10.5. The summed E-state index contributed by atoms with van der Waals surface area (Å²) in [6, 6.07) is 2.58. The minimum absolute atomic E-state index is 0.0130. The minimum Gasteiger partial charge on any atom is -0.390 e. The molecule has 2 rings (SSSR count). The van der Waals surface area contributed by atoms with Crippen LogP contribution in [0.25, 0.3) is 0 Å². The molecule has 1 nitrogen and oxygen atoms in total. The molecule has 0 amide bonds. The Morgan fingerprint density at radius 3 is 2.83 bits per heavy atom. The van der Waals surface area contributed by atoms with Crippen molar-refractivity contribution in [1.29, 1.82) is 0 Å². The quantitative estimate of drug-likeness (QED) is 0.810. The molecular weight excluding hydrogens is 302 g/mol. The summed E-state index contributed by atoms with van der Waals surface area (Å²) in [5.41, 5.74) is -0.985. The second kappa shape index (κ2) is 5.25. The summed E-state index contributed by atoms with van der Waals surface area (Å²) in [5.74, 6) is -0.772. The van der Waals surface area contributed by atoms with Crippen molar-refractivity contribution in [1.82, 2.24) is 0 Å². The Labute approximate surface area is 114 Å². The predicted molar refractivity (Wildman–Crippen MR) is 70.3 cm³/mol. The summed E-state index contributed by atoms with van der Waals surface area (Å²) in [4.78, 5) is 0. The van der Waals surface area contributed by atoms with E-state index in [1.807, 2.05) is 0 Å². The Kier molecular flexibility index (Phi) is 4.07. The van der Waals surface area contributed by atoms with Crippen molar-refractivity contribution in [3.8, 4) is 0 Å². The van der Waals surface area contributed by atoms with Crippen LogP contribution in [0.1, 0.15) is 38.2 Å². The summed E-state index contributed by atoms with van der Waals surface area (Å²) in [6.45, 7) is 2.07. The smallest absolute Gasteiger partial charge is 0.143 e. The van der Waals surface area contributed by atoms with Crippen LogP contribution in [0.3, 0.4) is 0 Å². The van der Waals surface area contributed by atoms with Crippen molar-refractivity contribution in [3.63, 3.8) is 0 Å². The van der Waals surface area contributed by atoms with Crippen molar-refractivity contribution in [3.05, 3.63) is 33.8 Å². The van der Waals surface area contributed by atoms with Crippen LogP contribution in [0.5, 0.6) is 0 Å². The first-order valence-corrected chi connectivity index (χ1v) is 7.05. The largest absolute Gasteiger partial charge is 0.390 e. The zero-order chi connectivity index (χ0) is 13.3. The van der Waals surface area contributed by atoms with E-state index >= 15 is 0 Å². The van der Waals surface area contributed by atoms with Crippen LogP contribution in [-0.4, -0.2) is 10.7 Å². The molecule has 1 aliphatic carbocycles. The maximum atomic E-state index is 13.9. The van der Waals surface area contributed by atoms with Crippen molar-refractivity contribution < 1.29 is 13.9 Å². The molecule has 0 bridgehead atoms. The third-order valence-corrected chi connectivity index (χ3v) is 4.32. The van der Waals surface area contributed by atoms with Crippen LogP contribution in [-0.2, 0) is 6.42 Å². The Balaban J connectivity index is 2.25. The molecule has 0 heterocycles. The van der Waals surface area contributed by atoms with E-state index in [-0.39, 0.29) is 16.5 Å². The normalized spacial score (nSPS) is 28.4. The molecule has 2 unspecified atom stereocenters. The molecule has 1 fully saturated rings. The number of hydrogen-bond donors (Lipinski definition) is 1. The van der Waals surface area contributed by atoms with Gasteiger partial charge in [-0.25, -0.2) is 8.78 Å². The first-order chi connectivity index (χ1) is 8.41. The number of halogens is 3. The van der Waals surface area contributed by atoms with Gasteiger partial charge in [0.25, 0.3) is 0 Å². The topological polar surface area (TPSA) is 20.2 Å². The highest BCUT2D eigenvalue weighted by molar-refractivity contribution is 9.10. The van der Waals surface area contributed by atoms with E-state index in [1.54, 1.807) is 0 Å².